The van der Waals surface area contributed by atoms with Crippen LogP contribution < -0.4 is 5.32 Å². The Hall–Kier alpha value is -2.19. The molecule has 0 aliphatic heterocycles. The lowest BCUT2D eigenvalue weighted by atomic mass is 10.0. The van der Waals surface area contributed by atoms with Crippen LogP contribution in [0.25, 0.3) is 0 Å². The Morgan fingerprint density at radius 3 is 2.30 bits per heavy atom. The van der Waals surface area contributed by atoms with Gasteiger partial charge in [-0.05, 0) is 29.8 Å². The predicted octanol–water partition coefficient (Wildman–Crippen LogP) is 5.13. The molecule has 2 aromatic carbocycles. The molecule has 1 aromatic heterocycles. The van der Waals surface area contributed by atoms with Gasteiger partial charge >= 0.3 is 0 Å². The smallest absolute Gasteiger partial charge is 0.130 e. The Kier molecular flexibility index (Phi) is 3.75. The van der Waals surface area contributed by atoms with Crippen LogP contribution in [0.2, 0.25) is 5.02 Å². The second-order valence-electron chi connectivity index (χ2n) is 4.48. The number of hydrogen-bond acceptors (Lipinski definition) is 2. The Bertz CT molecular complexity index is 664. The zero-order chi connectivity index (χ0) is 13.8. The van der Waals surface area contributed by atoms with E-state index in [-0.39, 0.29) is 6.04 Å². The van der Waals surface area contributed by atoms with E-state index in [4.69, 9.17) is 16.0 Å². The number of benzene rings is 2. The maximum atomic E-state index is 6.22. The fourth-order valence-electron chi connectivity index (χ4n) is 2.15. The van der Waals surface area contributed by atoms with E-state index in [9.17, 15) is 0 Å². The van der Waals surface area contributed by atoms with Crippen LogP contribution in [0.1, 0.15) is 17.4 Å². The Morgan fingerprint density at radius 1 is 0.850 bits per heavy atom. The molecular weight excluding hydrogens is 270 g/mol. The van der Waals surface area contributed by atoms with E-state index in [1.165, 1.54) is 0 Å². The normalized spacial score (nSPS) is 12.1. The molecule has 2 nitrogen and oxygen atoms in total. The van der Waals surface area contributed by atoms with Gasteiger partial charge in [-0.15, -0.1) is 0 Å². The Labute approximate surface area is 123 Å². The molecule has 100 valence electrons. The molecule has 0 spiro atoms. The summed E-state index contributed by atoms with van der Waals surface area (Å²) in [5, 5.41) is 4.13. The lowest BCUT2D eigenvalue weighted by Crippen LogP contribution is -2.11. The number of para-hydroxylation sites is 1. The minimum atomic E-state index is -0.0638. The van der Waals surface area contributed by atoms with Crippen LogP contribution in [0.15, 0.2) is 77.4 Å². The molecule has 3 rings (SSSR count). The van der Waals surface area contributed by atoms with Gasteiger partial charge in [0.2, 0.25) is 0 Å². The molecule has 0 radical (unpaired) electrons. The van der Waals surface area contributed by atoms with Crippen LogP contribution in [-0.4, -0.2) is 0 Å². The lowest BCUT2D eigenvalue weighted by molar-refractivity contribution is 0.499. The van der Waals surface area contributed by atoms with Crippen molar-refractivity contribution in [3.63, 3.8) is 0 Å². The number of furan rings is 1. The van der Waals surface area contributed by atoms with Crippen molar-refractivity contribution >= 4 is 17.3 Å². The number of rotatable bonds is 4. The third kappa shape index (κ3) is 2.70. The van der Waals surface area contributed by atoms with E-state index in [1.807, 2.05) is 54.6 Å². The summed E-state index contributed by atoms with van der Waals surface area (Å²) in [6.07, 6.45) is 1.68. The van der Waals surface area contributed by atoms with Crippen LogP contribution in [0, 0.1) is 0 Å². The van der Waals surface area contributed by atoms with Crippen molar-refractivity contribution in [3.8, 4) is 0 Å². The van der Waals surface area contributed by atoms with Crippen LogP contribution in [0.3, 0.4) is 0 Å². The van der Waals surface area contributed by atoms with Crippen LogP contribution in [-0.2, 0) is 0 Å². The SMILES string of the molecule is Clc1ccccc1NC(c1ccccc1)c1ccco1. The first-order valence-electron chi connectivity index (χ1n) is 6.44. The highest BCUT2D eigenvalue weighted by Crippen LogP contribution is 2.30. The van der Waals surface area contributed by atoms with E-state index in [0.29, 0.717) is 5.02 Å². The van der Waals surface area contributed by atoms with E-state index in [2.05, 4.69) is 17.4 Å². The first kappa shape index (κ1) is 12.8. The summed E-state index contributed by atoms with van der Waals surface area (Å²) >= 11 is 6.22. The van der Waals surface area contributed by atoms with Crippen molar-refractivity contribution < 1.29 is 4.42 Å². The first-order chi connectivity index (χ1) is 9.84. The molecule has 0 aliphatic carbocycles. The van der Waals surface area contributed by atoms with Crippen molar-refractivity contribution in [2.24, 2.45) is 0 Å². The average molecular weight is 284 g/mol. The second-order valence-corrected chi connectivity index (χ2v) is 4.89. The highest BCUT2D eigenvalue weighted by molar-refractivity contribution is 6.33. The molecule has 0 saturated carbocycles. The maximum absolute atomic E-state index is 6.22. The highest BCUT2D eigenvalue weighted by Gasteiger charge is 2.17. The van der Waals surface area contributed by atoms with Gasteiger partial charge in [-0.25, -0.2) is 0 Å². The molecule has 20 heavy (non-hydrogen) atoms. The molecule has 1 unspecified atom stereocenters. The van der Waals surface area contributed by atoms with Gasteiger partial charge in [0.15, 0.2) is 0 Å². The quantitative estimate of drug-likeness (QED) is 0.717. The Morgan fingerprint density at radius 2 is 1.60 bits per heavy atom. The molecular formula is C17H14ClNO. The van der Waals surface area contributed by atoms with Gasteiger partial charge < -0.3 is 9.73 Å². The zero-order valence-corrected chi connectivity index (χ0v) is 11.5. The minimum absolute atomic E-state index is 0.0638. The van der Waals surface area contributed by atoms with Gasteiger partial charge in [0, 0.05) is 0 Å². The predicted molar refractivity (Wildman–Crippen MR) is 82.1 cm³/mol. The fourth-order valence-corrected chi connectivity index (χ4v) is 2.34. The summed E-state index contributed by atoms with van der Waals surface area (Å²) in [6.45, 7) is 0. The zero-order valence-electron chi connectivity index (χ0n) is 10.8. The summed E-state index contributed by atoms with van der Waals surface area (Å²) in [6, 6.07) is 21.6. The summed E-state index contributed by atoms with van der Waals surface area (Å²) in [5.74, 6) is 0.858. The molecule has 0 amide bonds. The standard InChI is InChI=1S/C17H14ClNO/c18-14-9-4-5-10-15(14)19-17(16-11-6-12-20-16)13-7-2-1-3-8-13/h1-12,17,19H. The van der Waals surface area contributed by atoms with Gasteiger partial charge in [-0.1, -0.05) is 54.1 Å². The molecule has 0 aliphatic rings. The first-order valence-corrected chi connectivity index (χ1v) is 6.82. The topological polar surface area (TPSA) is 25.2 Å². The largest absolute Gasteiger partial charge is 0.467 e. The van der Waals surface area contributed by atoms with Crippen LogP contribution in [0.5, 0.6) is 0 Å². The molecule has 1 N–H and O–H groups in total. The second kappa shape index (κ2) is 5.85. The third-order valence-corrected chi connectivity index (χ3v) is 3.46. The number of hydrogen-bond donors (Lipinski definition) is 1. The molecule has 3 heteroatoms. The summed E-state index contributed by atoms with van der Waals surface area (Å²) < 4.78 is 5.56. The average Bonchev–Trinajstić information content (AvgIpc) is 3.01. The monoisotopic (exact) mass is 283 g/mol. The number of anilines is 1. The summed E-state index contributed by atoms with van der Waals surface area (Å²) in [5.41, 5.74) is 2.02. The van der Waals surface area contributed by atoms with Gasteiger partial charge in [0.1, 0.15) is 11.8 Å². The van der Waals surface area contributed by atoms with Gasteiger partial charge in [-0.3, -0.25) is 0 Å². The van der Waals surface area contributed by atoms with E-state index in [1.54, 1.807) is 6.26 Å². The van der Waals surface area contributed by atoms with Crippen molar-refractivity contribution in [1.82, 2.24) is 0 Å². The van der Waals surface area contributed by atoms with Gasteiger partial charge in [0.05, 0.1) is 17.0 Å². The van der Waals surface area contributed by atoms with E-state index < -0.39 is 0 Å². The molecule has 3 aromatic rings. The lowest BCUT2D eigenvalue weighted by Gasteiger charge is -2.19. The molecule has 1 heterocycles. The summed E-state index contributed by atoms with van der Waals surface area (Å²) in [7, 11) is 0. The minimum Gasteiger partial charge on any atom is -0.467 e. The number of nitrogens with one attached hydrogen (secondary N) is 1. The molecule has 0 saturated heterocycles. The highest BCUT2D eigenvalue weighted by atomic mass is 35.5. The molecule has 0 fully saturated rings. The fraction of sp³-hybridized carbons (Fsp3) is 0.0588. The summed E-state index contributed by atoms with van der Waals surface area (Å²) in [4.78, 5) is 0. The Balaban J connectivity index is 1.97. The van der Waals surface area contributed by atoms with E-state index >= 15 is 0 Å². The van der Waals surface area contributed by atoms with Crippen LogP contribution in [0.4, 0.5) is 5.69 Å². The molecule has 1 atom stereocenters. The van der Waals surface area contributed by atoms with Crippen molar-refractivity contribution in [3.05, 3.63) is 89.3 Å². The molecule has 0 bridgehead atoms. The van der Waals surface area contributed by atoms with Gasteiger partial charge in [-0.2, -0.15) is 0 Å². The van der Waals surface area contributed by atoms with Gasteiger partial charge in [0.25, 0.3) is 0 Å². The van der Waals surface area contributed by atoms with Crippen molar-refractivity contribution in [2.45, 2.75) is 6.04 Å². The maximum Gasteiger partial charge on any atom is 0.130 e. The van der Waals surface area contributed by atoms with Crippen molar-refractivity contribution in [2.75, 3.05) is 5.32 Å². The third-order valence-electron chi connectivity index (χ3n) is 3.13. The number of halogens is 1. The van der Waals surface area contributed by atoms with E-state index in [0.717, 1.165) is 17.0 Å². The van der Waals surface area contributed by atoms with Crippen molar-refractivity contribution in [1.29, 1.82) is 0 Å². The van der Waals surface area contributed by atoms with Crippen LogP contribution >= 0.6 is 11.6 Å².